The number of hydrogen-bond donors (Lipinski definition) is 0. The molecule has 0 amide bonds. The monoisotopic (exact) mass is 260 g/mol. The molecule has 1 saturated heterocycles. The van der Waals surface area contributed by atoms with Gasteiger partial charge in [0.1, 0.15) is 0 Å². The molecule has 0 aromatic heterocycles. The highest BCUT2D eigenvalue weighted by Crippen LogP contribution is 2.17. The lowest BCUT2D eigenvalue weighted by molar-refractivity contribution is 0.425. The summed E-state index contributed by atoms with van der Waals surface area (Å²) in [5.74, 6) is 0.627. The van der Waals surface area contributed by atoms with Crippen molar-refractivity contribution in [3.63, 3.8) is 0 Å². The maximum Gasteiger partial charge on any atom is 0.0928 e. The summed E-state index contributed by atoms with van der Waals surface area (Å²) < 4.78 is 17.7. The topological polar surface area (TPSA) is 29.6 Å². The summed E-state index contributed by atoms with van der Waals surface area (Å²) in [4.78, 5) is 0.874. The van der Waals surface area contributed by atoms with Gasteiger partial charge in [-0.15, -0.1) is 0 Å². The minimum absolute atomic E-state index is 0.226. The molecule has 2 rings (SSSR count). The Hall–Kier alpha value is -0.190. The normalized spacial score (nSPS) is 22.7. The van der Waals surface area contributed by atoms with Gasteiger partial charge in [0.05, 0.1) is 29.3 Å². The molecule has 0 radical (unpaired) electrons. The summed E-state index contributed by atoms with van der Waals surface area (Å²) in [6.07, 6.45) is 0.226. The molecule has 4 heteroatoms. The van der Waals surface area contributed by atoms with Crippen LogP contribution in [-0.2, 0) is 15.5 Å². The van der Waals surface area contributed by atoms with Crippen LogP contribution in [0.4, 0.5) is 0 Å². The molecule has 0 aliphatic carbocycles. The summed E-state index contributed by atoms with van der Waals surface area (Å²) in [6, 6.07) is 7.56. The summed E-state index contributed by atoms with van der Waals surface area (Å²) >= 11 is 3.33. The van der Waals surface area contributed by atoms with Gasteiger partial charge in [-0.2, -0.15) is 0 Å². The van der Waals surface area contributed by atoms with Crippen molar-refractivity contribution >= 4 is 26.7 Å². The zero-order valence-electron chi connectivity index (χ0n) is 6.90. The number of benzene rings is 1. The Morgan fingerprint density at radius 1 is 1.46 bits per heavy atom. The fourth-order valence-corrected chi connectivity index (χ4v) is 2.44. The summed E-state index contributed by atoms with van der Waals surface area (Å²) in [6.45, 7) is 0.766. The molecule has 1 heterocycles. The molecular weight excluding hydrogens is 252 g/mol. The van der Waals surface area contributed by atoms with Crippen LogP contribution < -0.4 is 0 Å². The van der Waals surface area contributed by atoms with Crippen LogP contribution in [0, 0.1) is 0 Å². The predicted octanol–water partition coefficient (Wildman–Crippen LogP) is 1.96. The summed E-state index contributed by atoms with van der Waals surface area (Å²) in [5, 5.41) is 0. The van der Waals surface area contributed by atoms with Crippen LogP contribution in [0.25, 0.3) is 0 Å². The van der Waals surface area contributed by atoms with Gasteiger partial charge in [0.15, 0.2) is 0 Å². The van der Waals surface area contributed by atoms with Gasteiger partial charge in [0.25, 0.3) is 0 Å². The second-order valence-corrected chi connectivity index (χ2v) is 5.33. The molecule has 0 N–H and O–H groups in total. The first kappa shape index (κ1) is 9.37. The van der Waals surface area contributed by atoms with Crippen molar-refractivity contribution in [2.45, 2.75) is 11.0 Å². The van der Waals surface area contributed by atoms with Gasteiger partial charge in [-0.3, -0.25) is 4.21 Å². The molecule has 1 unspecified atom stereocenters. The summed E-state index contributed by atoms with van der Waals surface area (Å²) in [7, 11) is -0.905. The van der Waals surface area contributed by atoms with Gasteiger partial charge < -0.3 is 4.74 Å². The molecule has 1 fully saturated rings. The van der Waals surface area contributed by atoms with E-state index in [9.17, 15) is 4.21 Å². The highest BCUT2D eigenvalue weighted by atomic mass is 79.9. The van der Waals surface area contributed by atoms with Crippen molar-refractivity contribution in [3.05, 3.63) is 28.7 Å². The lowest BCUT2D eigenvalue weighted by Gasteiger charge is -1.99. The van der Waals surface area contributed by atoms with Crippen LogP contribution in [0.2, 0.25) is 0 Å². The Morgan fingerprint density at radius 2 is 2.08 bits per heavy atom. The van der Waals surface area contributed by atoms with Crippen molar-refractivity contribution in [2.75, 3.05) is 12.4 Å². The van der Waals surface area contributed by atoms with Crippen LogP contribution >= 0.6 is 15.9 Å². The van der Waals surface area contributed by atoms with E-state index in [1.807, 2.05) is 24.3 Å². The third-order valence-electron chi connectivity index (χ3n) is 1.82. The Balaban J connectivity index is 2.05. The number of ether oxygens (including phenoxy) is 1. The van der Waals surface area contributed by atoms with Gasteiger partial charge in [0, 0.05) is 9.37 Å². The zero-order chi connectivity index (χ0) is 9.26. The van der Waals surface area contributed by atoms with Crippen LogP contribution in [0.3, 0.4) is 0 Å². The Kier molecular flexibility index (Phi) is 2.81. The molecule has 13 heavy (non-hydrogen) atoms. The molecule has 1 aliphatic rings. The van der Waals surface area contributed by atoms with E-state index in [1.54, 1.807) is 0 Å². The fourth-order valence-electron chi connectivity index (χ4n) is 1.02. The highest BCUT2D eigenvalue weighted by molar-refractivity contribution is 9.10. The van der Waals surface area contributed by atoms with Crippen molar-refractivity contribution in [3.8, 4) is 0 Å². The van der Waals surface area contributed by atoms with Gasteiger partial charge in [-0.05, 0) is 24.3 Å². The van der Waals surface area contributed by atoms with Gasteiger partial charge in [-0.1, -0.05) is 15.9 Å². The van der Waals surface area contributed by atoms with E-state index in [1.165, 1.54) is 0 Å². The fraction of sp³-hybridized carbons (Fsp3) is 0.333. The first-order valence-electron chi connectivity index (χ1n) is 4.01. The molecule has 1 aliphatic heterocycles. The second kappa shape index (κ2) is 3.90. The number of hydrogen-bond acceptors (Lipinski definition) is 2. The highest BCUT2D eigenvalue weighted by Gasteiger charge is 2.25. The Labute approximate surface area is 87.9 Å². The van der Waals surface area contributed by atoms with E-state index < -0.39 is 10.8 Å². The molecule has 2 atom stereocenters. The van der Waals surface area contributed by atoms with Crippen LogP contribution in [0.15, 0.2) is 33.6 Å². The van der Waals surface area contributed by atoms with Crippen molar-refractivity contribution in [2.24, 2.45) is 0 Å². The Bertz CT molecular complexity index is 319. The maximum atomic E-state index is 11.6. The smallest absolute Gasteiger partial charge is 0.0928 e. The maximum absolute atomic E-state index is 11.6. The average Bonchev–Trinajstić information content (AvgIpc) is 2.89. The molecule has 70 valence electrons. The van der Waals surface area contributed by atoms with E-state index in [-0.39, 0.29) is 6.10 Å². The van der Waals surface area contributed by atoms with E-state index in [0.29, 0.717) is 5.75 Å². The quantitative estimate of drug-likeness (QED) is 0.778. The molecule has 1 aromatic rings. The molecule has 0 saturated carbocycles. The Morgan fingerprint density at radius 3 is 2.62 bits per heavy atom. The standard InChI is InChI=1S/C9H9BrO2S/c10-7-1-3-9(4-2-7)13(11)6-8-5-12-8/h1-4,8H,5-6H2/t8-,13?/m1/s1. The van der Waals surface area contributed by atoms with E-state index in [0.717, 1.165) is 16.0 Å². The van der Waals surface area contributed by atoms with Crippen LogP contribution in [0.1, 0.15) is 0 Å². The third-order valence-corrected chi connectivity index (χ3v) is 3.82. The first-order chi connectivity index (χ1) is 6.25. The minimum atomic E-state index is -0.905. The third kappa shape index (κ3) is 2.62. The average molecular weight is 261 g/mol. The molecule has 2 nitrogen and oxygen atoms in total. The van der Waals surface area contributed by atoms with Gasteiger partial charge >= 0.3 is 0 Å². The lowest BCUT2D eigenvalue weighted by Crippen LogP contribution is -2.03. The van der Waals surface area contributed by atoms with Crippen molar-refractivity contribution in [1.29, 1.82) is 0 Å². The molecule has 0 bridgehead atoms. The minimum Gasteiger partial charge on any atom is -0.372 e. The second-order valence-electron chi connectivity index (χ2n) is 2.92. The molecule has 0 spiro atoms. The SMILES string of the molecule is O=S(C[C@H]1CO1)c1ccc(Br)cc1. The van der Waals surface area contributed by atoms with Crippen molar-refractivity contribution < 1.29 is 8.95 Å². The zero-order valence-corrected chi connectivity index (χ0v) is 9.31. The number of rotatable bonds is 3. The van der Waals surface area contributed by atoms with Crippen LogP contribution in [-0.4, -0.2) is 22.7 Å². The lowest BCUT2D eigenvalue weighted by atomic mass is 10.4. The van der Waals surface area contributed by atoms with Gasteiger partial charge in [0.2, 0.25) is 0 Å². The van der Waals surface area contributed by atoms with E-state index in [2.05, 4.69) is 15.9 Å². The number of halogens is 1. The van der Waals surface area contributed by atoms with Crippen molar-refractivity contribution in [1.82, 2.24) is 0 Å². The molecular formula is C9H9BrO2S. The van der Waals surface area contributed by atoms with Crippen LogP contribution in [0.5, 0.6) is 0 Å². The van der Waals surface area contributed by atoms with E-state index >= 15 is 0 Å². The van der Waals surface area contributed by atoms with E-state index in [4.69, 9.17) is 4.74 Å². The first-order valence-corrected chi connectivity index (χ1v) is 6.12. The molecule has 1 aromatic carbocycles. The van der Waals surface area contributed by atoms with Gasteiger partial charge in [-0.25, -0.2) is 0 Å². The predicted molar refractivity (Wildman–Crippen MR) is 55.2 cm³/mol. The largest absolute Gasteiger partial charge is 0.372 e. The summed E-state index contributed by atoms with van der Waals surface area (Å²) in [5.41, 5.74) is 0. The number of epoxide rings is 1.